The first-order valence-corrected chi connectivity index (χ1v) is 7.45. The second-order valence-electron chi connectivity index (χ2n) is 4.57. The molecule has 5 nitrogen and oxygen atoms in total. The summed E-state index contributed by atoms with van der Waals surface area (Å²) in [6.07, 6.45) is 1.35. The molecule has 2 aromatic rings. The second kappa shape index (κ2) is 7.60. The van der Waals surface area contributed by atoms with Crippen molar-refractivity contribution in [1.82, 2.24) is 5.32 Å². The molecule has 0 unspecified atom stereocenters. The molecule has 0 radical (unpaired) electrons. The standard InChI is InChI=1S/C17H14BrNO4/c1-23-15-8-7-13(18)9-12(15)10-14(17(21)22)19-16(20)11-5-3-2-4-6-11/h2-10H,1H3,(H,19,20)(H,21,22)/b14-10+. The Bertz CT molecular complexity index is 756. The zero-order chi connectivity index (χ0) is 16.8. The van der Waals surface area contributed by atoms with Gasteiger partial charge in [0.15, 0.2) is 0 Å². The van der Waals surface area contributed by atoms with Gasteiger partial charge in [0.1, 0.15) is 11.4 Å². The fraction of sp³-hybridized carbons (Fsp3) is 0.0588. The predicted octanol–water partition coefficient (Wildman–Crippen LogP) is 3.31. The van der Waals surface area contributed by atoms with E-state index >= 15 is 0 Å². The number of amides is 1. The maximum absolute atomic E-state index is 12.1. The Labute approximate surface area is 141 Å². The number of benzene rings is 2. The molecule has 0 bridgehead atoms. The molecule has 0 heterocycles. The fourth-order valence-corrected chi connectivity index (χ4v) is 2.29. The van der Waals surface area contributed by atoms with Gasteiger partial charge in [-0.05, 0) is 36.4 Å². The number of rotatable bonds is 5. The van der Waals surface area contributed by atoms with Gasteiger partial charge in [0.25, 0.3) is 5.91 Å². The number of carbonyl (C=O) groups excluding carboxylic acids is 1. The smallest absolute Gasteiger partial charge is 0.352 e. The van der Waals surface area contributed by atoms with Crippen molar-refractivity contribution in [3.05, 3.63) is 69.8 Å². The van der Waals surface area contributed by atoms with E-state index in [1.165, 1.54) is 13.2 Å². The molecule has 0 fully saturated rings. The van der Waals surface area contributed by atoms with Crippen LogP contribution in [-0.4, -0.2) is 24.1 Å². The number of aliphatic carboxylic acids is 1. The molecule has 6 heteroatoms. The summed E-state index contributed by atoms with van der Waals surface area (Å²) in [6, 6.07) is 13.6. The number of nitrogens with one attached hydrogen (secondary N) is 1. The average Bonchev–Trinajstić information content (AvgIpc) is 2.55. The minimum atomic E-state index is -1.24. The quantitative estimate of drug-likeness (QED) is 0.786. The van der Waals surface area contributed by atoms with Crippen LogP contribution in [-0.2, 0) is 4.79 Å². The van der Waals surface area contributed by atoms with Crippen LogP contribution in [0.4, 0.5) is 0 Å². The Hall–Kier alpha value is -2.60. The first-order chi connectivity index (χ1) is 11.0. The molecule has 0 aromatic heterocycles. The number of methoxy groups -OCH3 is 1. The van der Waals surface area contributed by atoms with Crippen LogP contribution < -0.4 is 10.1 Å². The number of hydrogen-bond donors (Lipinski definition) is 2. The monoisotopic (exact) mass is 375 g/mol. The van der Waals surface area contributed by atoms with E-state index in [-0.39, 0.29) is 5.70 Å². The topological polar surface area (TPSA) is 75.6 Å². The van der Waals surface area contributed by atoms with E-state index in [4.69, 9.17) is 4.74 Å². The first-order valence-electron chi connectivity index (χ1n) is 6.66. The van der Waals surface area contributed by atoms with Crippen LogP contribution in [0.1, 0.15) is 15.9 Å². The van der Waals surface area contributed by atoms with E-state index in [1.54, 1.807) is 48.5 Å². The van der Waals surface area contributed by atoms with Crippen LogP contribution in [0.15, 0.2) is 58.7 Å². The molecular formula is C17H14BrNO4. The number of ether oxygens (including phenoxy) is 1. The molecule has 2 rings (SSSR count). The van der Waals surface area contributed by atoms with Gasteiger partial charge in [-0.3, -0.25) is 4.79 Å². The summed E-state index contributed by atoms with van der Waals surface area (Å²) >= 11 is 3.32. The van der Waals surface area contributed by atoms with Gasteiger partial charge in [0, 0.05) is 15.6 Å². The summed E-state index contributed by atoms with van der Waals surface area (Å²) < 4.78 is 5.97. The third-order valence-electron chi connectivity index (χ3n) is 3.01. The third kappa shape index (κ3) is 4.43. The van der Waals surface area contributed by atoms with Crippen molar-refractivity contribution in [3.8, 4) is 5.75 Å². The number of halogens is 1. The summed E-state index contributed by atoms with van der Waals surface area (Å²) in [5.74, 6) is -1.23. The van der Waals surface area contributed by atoms with Crippen molar-refractivity contribution in [3.63, 3.8) is 0 Å². The van der Waals surface area contributed by atoms with Crippen molar-refractivity contribution in [2.45, 2.75) is 0 Å². The average molecular weight is 376 g/mol. The molecule has 0 atom stereocenters. The minimum absolute atomic E-state index is 0.241. The van der Waals surface area contributed by atoms with Crippen molar-refractivity contribution in [2.24, 2.45) is 0 Å². The molecular weight excluding hydrogens is 362 g/mol. The maximum atomic E-state index is 12.1. The van der Waals surface area contributed by atoms with Gasteiger partial charge in [0.05, 0.1) is 7.11 Å². The fourth-order valence-electron chi connectivity index (χ4n) is 1.91. The molecule has 0 aliphatic carbocycles. The SMILES string of the molecule is COc1ccc(Br)cc1/C=C(/NC(=O)c1ccccc1)C(=O)O. The highest BCUT2D eigenvalue weighted by Crippen LogP contribution is 2.25. The molecule has 23 heavy (non-hydrogen) atoms. The lowest BCUT2D eigenvalue weighted by atomic mass is 10.1. The first kappa shape index (κ1) is 16.8. The lowest BCUT2D eigenvalue weighted by molar-refractivity contribution is -0.132. The summed E-state index contributed by atoms with van der Waals surface area (Å²) in [6.45, 7) is 0. The summed E-state index contributed by atoms with van der Waals surface area (Å²) in [5.41, 5.74) is 0.670. The third-order valence-corrected chi connectivity index (χ3v) is 3.50. The van der Waals surface area contributed by atoms with Gasteiger partial charge < -0.3 is 15.2 Å². The lowest BCUT2D eigenvalue weighted by Crippen LogP contribution is -2.27. The molecule has 0 saturated heterocycles. The van der Waals surface area contributed by atoms with Crippen LogP contribution in [0.3, 0.4) is 0 Å². The van der Waals surface area contributed by atoms with E-state index in [1.807, 2.05) is 0 Å². The predicted molar refractivity (Wildman–Crippen MR) is 90.2 cm³/mol. The van der Waals surface area contributed by atoms with Gasteiger partial charge in [-0.1, -0.05) is 34.1 Å². The van der Waals surface area contributed by atoms with Crippen LogP contribution >= 0.6 is 15.9 Å². The van der Waals surface area contributed by atoms with Gasteiger partial charge in [-0.15, -0.1) is 0 Å². The Balaban J connectivity index is 2.34. The Morgan fingerprint density at radius 1 is 1.17 bits per heavy atom. The normalized spacial score (nSPS) is 11.0. The lowest BCUT2D eigenvalue weighted by Gasteiger charge is -2.09. The summed E-state index contributed by atoms with van der Waals surface area (Å²) in [5, 5.41) is 11.7. The van der Waals surface area contributed by atoms with Crippen molar-refractivity contribution >= 4 is 33.9 Å². The molecule has 0 aliphatic rings. The van der Waals surface area contributed by atoms with Crippen LogP contribution in [0.2, 0.25) is 0 Å². The van der Waals surface area contributed by atoms with Gasteiger partial charge in [-0.2, -0.15) is 0 Å². The van der Waals surface area contributed by atoms with Crippen LogP contribution in [0.5, 0.6) is 5.75 Å². The molecule has 0 spiro atoms. The molecule has 0 aliphatic heterocycles. The highest BCUT2D eigenvalue weighted by Gasteiger charge is 2.14. The van der Waals surface area contributed by atoms with E-state index in [9.17, 15) is 14.7 Å². The zero-order valence-electron chi connectivity index (χ0n) is 12.2. The Morgan fingerprint density at radius 3 is 2.48 bits per heavy atom. The second-order valence-corrected chi connectivity index (χ2v) is 5.49. The van der Waals surface area contributed by atoms with E-state index < -0.39 is 11.9 Å². The molecule has 2 N–H and O–H groups in total. The number of carboxylic acid groups (broad SMARTS) is 1. The van der Waals surface area contributed by atoms with E-state index in [0.29, 0.717) is 16.9 Å². The number of hydrogen-bond acceptors (Lipinski definition) is 3. The molecule has 118 valence electrons. The highest BCUT2D eigenvalue weighted by atomic mass is 79.9. The van der Waals surface area contributed by atoms with Gasteiger partial charge in [-0.25, -0.2) is 4.79 Å². The zero-order valence-corrected chi connectivity index (χ0v) is 13.8. The molecule has 2 aromatic carbocycles. The molecule has 0 saturated carbocycles. The van der Waals surface area contributed by atoms with Crippen molar-refractivity contribution < 1.29 is 19.4 Å². The Morgan fingerprint density at radius 2 is 1.87 bits per heavy atom. The number of carboxylic acids is 1. The van der Waals surface area contributed by atoms with E-state index in [2.05, 4.69) is 21.2 Å². The Kier molecular flexibility index (Phi) is 5.54. The minimum Gasteiger partial charge on any atom is -0.496 e. The highest BCUT2D eigenvalue weighted by molar-refractivity contribution is 9.10. The number of carbonyl (C=O) groups is 2. The van der Waals surface area contributed by atoms with Crippen molar-refractivity contribution in [2.75, 3.05) is 7.11 Å². The van der Waals surface area contributed by atoms with Gasteiger partial charge in [0.2, 0.25) is 0 Å². The van der Waals surface area contributed by atoms with Crippen LogP contribution in [0, 0.1) is 0 Å². The summed E-state index contributed by atoms with van der Waals surface area (Å²) in [7, 11) is 1.49. The van der Waals surface area contributed by atoms with Gasteiger partial charge >= 0.3 is 5.97 Å². The maximum Gasteiger partial charge on any atom is 0.352 e. The largest absolute Gasteiger partial charge is 0.496 e. The van der Waals surface area contributed by atoms with E-state index in [0.717, 1.165) is 4.47 Å². The van der Waals surface area contributed by atoms with Crippen LogP contribution in [0.25, 0.3) is 6.08 Å². The summed E-state index contributed by atoms with van der Waals surface area (Å²) in [4.78, 5) is 23.5. The molecule has 1 amide bonds. The van der Waals surface area contributed by atoms with Crippen molar-refractivity contribution in [1.29, 1.82) is 0 Å².